The molecule has 58 valence electrons. The van der Waals surface area contributed by atoms with Gasteiger partial charge < -0.3 is 15.3 Å². The minimum absolute atomic E-state index is 0.00926. The number of piperidine rings is 1. The second-order valence-electron chi connectivity index (χ2n) is 3.12. The molecule has 3 N–H and O–H groups in total. The first kappa shape index (κ1) is 6.54. The zero-order valence-electron chi connectivity index (χ0n) is 5.68. The molecule has 1 aliphatic heterocycles. The number of hydrogen-bond acceptors (Lipinski definition) is 4. The number of likely N-dealkylation sites (N-methyl/N-ethyl adjacent to an activating group) is 1. The van der Waals surface area contributed by atoms with Crippen LogP contribution in [0, 0.1) is 0 Å². The first-order valence-corrected chi connectivity index (χ1v) is 3.40. The fraction of sp³-hybridized carbons (Fsp3) is 1.00. The molecule has 1 saturated carbocycles. The van der Waals surface area contributed by atoms with Gasteiger partial charge in [-0.3, -0.25) is 4.90 Å². The van der Waals surface area contributed by atoms with Crippen LogP contribution >= 0.6 is 0 Å². The van der Waals surface area contributed by atoms with Gasteiger partial charge in [-0.15, -0.1) is 0 Å². The van der Waals surface area contributed by atoms with Crippen molar-refractivity contribution in [2.24, 2.45) is 0 Å². The minimum Gasteiger partial charge on any atom is -0.389 e. The highest BCUT2D eigenvalue weighted by molar-refractivity contribution is 5.18. The SMILES string of the molecule is CN1[C@@H]2[C@H]1[C@H](O)C(O)[C@H]2O. The summed E-state index contributed by atoms with van der Waals surface area (Å²) in [6.07, 6.45) is -2.46. The standard InChI is InChI=1S/C6H11NO3/c1-7-2-3(7)5(9)6(10)4(2)8/h2-6,8-10H,1H3/t2-,3+,4-,5-,6?,7?/m0/s1. The van der Waals surface area contributed by atoms with Crippen LogP contribution in [-0.4, -0.2) is 57.7 Å². The maximum absolute atomic E-state index is 9.20. The van der Waals surface area contributed by atoms with E-state index >= 15 is 0 Å². The van der Waals surface area contributed by atoms with Crippen molar-refractivity contribution in [1.82, 2.24) is 4.90 Å². The Hall–Kier alpha value is -0.160. The third-order valence-electron chi connectivity index (χ3n) is 2.60. The third-order valence-corrected chi connectivity index (χ3v) is 2.60. The van der Waals surface area contributed by atoms with E-state index in [1.165, 1.54) is 0 Å². The maximum atomic E-state index is 9.20. The van der Waals surface area contributed by atoms with Crippen LogP contribution in [0.15, 0.2) is 0 Å². The Morgan fingerprint density at radius 3 is 1.60 bits per heavy atom. The van der Waals surface area contributed by atoms with Crippen molar-refractivity contribution in [3.63, 3.8) is 0 Å². The quantitative estimate of drug-likeness (QED) is 0.337. The Kier molecular flexibility index (Phi) is 1.12. The number of nitrogens with zero attached hydrogens (tertiary/aromatic N) is 1. The van der Waals surface area contributed by atoms with Gasteiger partial charge in [-0.2, -0.15) is 0 Å². The second-order valence-corrected chi connectivity index (χ2v) is 3.12. The molecule has 0 aromatic rings. The second kappa shape index (κ2) is 1.71. The molecule has 0 aromatic heterocycles. The van der Waals surface area contributed by atoms with Gasteiger partial charge in [0, 0.05) is 0 Å². The van der Waals surface area contributed by atoms with Gasteiger partial charge in [-0.1, -0.05) is 0 Å². The van der Waals surface area contributed by atoms with Gasteiger partial charge in [0.05, 0.1) is 24.3 Å². The van der Waals surface area contributed by atoms with Gasteiger partial charge in [-0.05, 0) is 7.05 Å². The normalized spacial score (nSPS) is 66.0. The van der Waals surface area contributed by atoms with E-state index in [-0.39, 0.29) is 12.1 Å². The zero-order valence-corrected chi connectivity index (χ0v) is 5.68. The average Bonchev–Trinajstić information content (AvgIpc) is 2.50. The largest absolute Gasteiger partial charge is 0.389 e. The van der Waals surface area contributed by atoms with Crippen molar-refractivity contribution < 1.29 is 15.3 Å². The smallest absolute Gasteiger partial charge is 0.109 e. The molecule has 1 heterocycles. The Bertz CT molecular complexity index is 143. The van der Waals surface area contributed by atoms with Crippen LogP contribution in [0.5, 0.6) is 0 Å². The summed E-state index contributed by atoms with van der Waals surface area (Å²) in [6.45, 7) is 0. The summed E-state index contributed by atoms with van der Waals surface area (Å²) in [5.74, 6) is 0. The molecule has 10 heavy (non-hydrogen) atoms. The Balaban J connectivity index is 2.14. The van der Waals surface area contributed by atoms with Crippen LogP contribution in [0.1, 0.15) is 0 Å². The fourth-order valence-electron chi connectivity index (χ4n) is 1.88. The lowest BCUT2D eigenvalue weighted by Crippen LogP contribution is -2.38. The molecule has 0 bridgehead atoms. The lowest BCUT2D eigenvalue weighted by molar-refractivity contribution is -0.0468. The van der Waals surface area contributed by atoms with Crippen molar-refractivity contribution in [3.8, 4) is 0 Å². The van der Waals surface area contributed by atoms with E-state index in [4.69, 9.17) is 5.11 Å². The monoisotopic (exact) mass is 145 g/mol. The number of likely N-dealkylation sites (tertiary alicyclic amines) is 1. The molecule has 0 amide bonds. The molecule has 1 aliphatic carbocycles. The highest BCUT2D eigenvalue weighted by Crippen LogP contribution is 2.40. The summed E-state index contributed by atoms with van der Waals surface area (Å²) in [7, 11) is 1.83. The topological polar surface area (TPSA) is 63.7 Å². The maximum Gasteiger partial charge on any atom is 0.109 e. The highest BCUT2D eigenvalue weighted by atomic mass is 16.4. The molecule has 0 spiro atoms. The molecule has 4 nitrogen and oxygen atoms in total. The average molecular weight is 145 g/mol. The predicted octanol–water partition coefficient (Wildman–Crippen LogP) is -2.23. The van der Waals surface area contributed by atoms with Crippen LogP contribution in [0.2, 0.25) is 0 Å². The molecule has 6 atom stereocenters. The van der Waals surface area contributed by atoms with E-state index in [1.807, 2.05) is 11.9 Å². The minimum atomic E-state index is -0.939. The van der Waals surface area contributed by atoms with E-state index in [9.17, 15) is 10.2 Å². The van der Waals surface area contributed by atoms with Crippen LogP contribution < -0.4 is 0 Å². The lowest BCUT2D eigenvalue weighted by atomic mass is 10.2. The van der Waals surface area contributed by atoms with Gasteiger partial charge in [0.25, 0.3) is 0 Å². The summed E-state index contributed by atoms with van der Waals surface area (Å²) < 4.78 is 0. The first-order chi connectivity index (χ1) is 4.64. The molecule has 0 radical (unpaired) electrons. The van der Waals surface area contributed by atoms with Crippen molar-refractivity contribution in [2.75, 3.05) is 7.05 Å². The molecule has 2 rings (SSSR count). The Morgan fingerprint density at radius 1 is 0.900 bits per heavy atom. The Labute approximate surface area is 58.7 Å². The summed E-state index contributed by atoms with van der Waals surface area (Å²) in [4.78, 5) is 1.86. The number of fused-ring (bicyclic) bond motifs is 1. The van der Waals surface area contributed by atoms with Gasteiger partial charge in [0.15, 0.2) is 0 Å². The van der Waals surface area contributed by atoms with Gasteiger partial charge >= 0.3 is 0 Å². The molecular weight excluding hydrogens is 134 g/mol. The number of rotatable bonds is 0. The summed E-state index contributed by atoms with van der Waals surface area (Å²) in [5, 5.41) is 27.5. The predicted molar refractivity (Wildman–Crippen MR) is 33.4 cm³/mol. The third kappa shape index (κ3) is 0.549. The molecule has 2 fully saturated rings. The van der Waals surface area contributed by atoms with Crippen LogP contribution in [0.25, 0.3) is 0 Å². The molecule has 2 unspecified atom stereocenters. The Morgan fingerprint density at radius 2 is 1.30 bits per heavy atom. The fourth-order valence-corrected chi connectivity index (χ4v) is 1.88. The van der Waals surface area contributed by atoms with Crippen LogP contribution in [0.4, 0.5) is 0 Å². The molecular formula is C6H11NO3. The van der Waals surface area contributed by atoms with E-state index in [0.29, 0.717) is 0 Å². The van der Waals surface area contributed by atoms with Crippen LogP contribution in [-0.2, 0) is 0 Å². The summed E-state index contributed by atoms with van der Waals surface area (Å²) >= 11 is 0. The van der Waals surface area contributed by atoms with E-state index in [2.05, 4.69) is 0 Å². The molecule has 1 saturated heterocycles. The van der Waals surface area contributed by atoms with Crippen molar-refractivity contribution >= 4 is 0 Å². The highest BCUT2D eigenvalue weighted by Gasteiger charge is 2.63. The van der Waals surface area contributed by atoms with Gasteiger partial charge in [0.1, 0.15) is 6.10 Å². The summed E-state index contributed by atoms with van der Waals surface area (Å²) in [5.41, 5.74) is 0. The summed E-state index contributed by atoms with van der Waals surface area (Å²) in [6, 6.07) is -0.0185. The zero-order chi connectivity index (χ0) is 7.46. The van der Waals surface area contributed by atoms with Crippen molar-refractivity contribution in [2.45, 2.75) is 30.4 Å². The van der Waals surface area contributed by atoms with Gasteiger partial charge in [-0.25, -0.2) is 0 Å². The number of aliphatic hydroxyl groups excluding tert-OH is 3. The van der Waals surface area contributed by atoms with E-state index < -0.39 is 18.3 Å². The van der Waals surface area contributed by atoms with Crippen LogP contribution in [0.3, 0.4) is 0 Å². The number of hydrogen-bond donors (Lipinski definition) is 3. The van der Waals surface area contributed by atoms with Crippen molar-refractivity contribution in [1.29, 1.82) is 0 Å². The van der Waals surface area contributed by atoms with E-state index in [0.717, 1.165) is 0 Å². The molecule has 4 heteroatoms. The molecule has 2 aliphatic rings. The number of aliphatic hydroxyl groups is 3. The van der Waals surface area contributed by atoms with Crippen molar-refractivity contribution in [3.05, 3.63) is 0 Å². The van der Waals surface area contributed by atoms with E-state index in [1.54, 1.807) is 0 Å². The lowest BCUT2D eigenvalue weighted by Gasteiger charge is -2.17. The first-order valence-electron chi connectivity index (χ1n) is 3.40. The van der Waals surface area contributed by atoms with Gasteiger partial charge in [0.2, 0.25) is 0 Å². The molecule has 0 aromatic carbocycles.